The number of Topliss-reactive ketones (excluding diaryl/α,β-unsaturated/α-hetero) is 2. The topological polar surface area (TPSA) is 96.0 Å². The highest BCUT2D eigenvalue weighted by atomic mass is 35.5. The molecule has 0 amide bonds. The maximum absolute atomic E-state index is 12.9. The van der Waals surface area contributed by atoms with Gasteiger partial charge in [0.05, 0.1) is 17.2 Å². The third-order valence-electron chi connectivity index (χ3n) is 4.53. The van der Waals surface area contributed by atoms with Crippen LogP contribution in [0.4, 0.5) is 0 Å². The van der Waals surface area contributed by atoms with Crippen LogP contribution in [0.3, 0.4) is 0 Å². The second kappa shape index (κ2) is 9.87. The van der Waals surface area contributed by atoms with Crippen molar-refractivity contribution >= 4 is 35.1 Å². The standard InChI is InChI=1S/C21H25ClO7/c1-4-7-16(23)27-10-6-9-13-11-14-15(12-28-13)19(25)21(3,20(26)18(14)22)29-17(24)8-5-2/h11-12H,4-10H2,1-3H3/t21-/m0/s1. The molecule has 0 saturated heterocycles. The van der Waals surface area contributed by atoms with Crippen LogP contribution in [0.1, 0.15) is 59.3 Å². The Kier molecular flexibility index (Phi) is 7.79. The zero-order valence-electron chi connectivity index (χ0n) is 16.8. The van der Waals surface area contributed by atoms with Crippen LogP contribution in [0.15, 0.2) is 34.3 Å². The molecule has 0 fully saturated rings. The Labute approximate surface area is 174 Å². The van der Waals surface area contributed by atoms with Gasteiger partial charge in [0, 0.05) is 24.8 Å². The van der Waals surface area contributed by atoms with Gasteiger partial charge < -0.3 is 14.2 Å². The average molecular weight is 425 g/mol. The Morgan fingerprint density at radius 3 is 2.41 bits per heavy atom. The van der Waals surface area contributed by atoms with Crippen molar-refractivity contribution in [2.24, 2.45) is 0 Å². The van der Waals surface area contributed by atoms with Crippen LogP contribution >= 0.6 is 11.6 Å². The average Bonchev–Trinajstić information content (AvgIpc) is 2.68. The first-order chi connectivity index (χ1) is 13.7. The predicted octanol–water partition coefficient (Wildman–Crippen LogP) is 3.65. The van der Waals surface area contributed by atoms with Crippen LogP contribution in [0.2, 0.25) is 0 Å². The van der Waals surface area contributed by atoms with Gasteiger partial charge in [-0.05, 0) is 32.3 Å². The van der Waals surface area contributed by atoms with E-state index in [9.17, 15) is 19.2 Å². The van der Waals surface area contributed by atoms with Gasteiger partial charge in [0.15, 0.2) is 0 Å². The monoisotopic (exact) mass is 424 g/mol. The summed E-state index contributed by atoms with van der Waals surface area (Å²) in [5.41, 5.74) is -1.67. The van der Waals surface area contributed by atoms with Gasteiger partial charge >= 0.3 is 11.9 Å². The summed E-state index contributed by atoms with van der Waals surface area (Å²) in [5, 5.41) is -0.183. The van der Waals surface area contributed by atoms with Crippen molar-refractivity contribution in [2.75, 3.05) is 6.61 Å². The van der Waals surface area contributed by atoms with E-state index in [4.69, 9.17) is 25.8 Å². The fraction of sp³-hybridized carbons (Fsp3) is 0.524. The summed E-state index contributed by atoms with van der Waals surface area (Å²) in [7, 11) is 0. The Morgan fingerprint density at radius 1 is 1.10 bits per heavy atom. The van der Waals surface area contributed by atoms with Crippen LogP contribution in [-0.2, 0) is 33.4 Å². The van der Waals surface area contributed by atoms with E-state index >= 15 is 0 Å². The molecule has 1 atom stereocenters. The van der Waals surface area contributed by atoms with Gasteiger partial charge in [0.25, 0.3) is 0 Å². The van der Waals surface area contributed by atoms with Crippen molar-refractivity contribution < 1.29 is 33.4 Å². The van der Waals surface area contributed by atoms with E-state index in [0.29, 0.717) is 31.4 Å². The third kappa shape index (κ3) is 5.15. The molecule has 1 heterocycles. The molecule has 0 aromatic rings. The van der Waals surface area contributed by atoms with Crippen LogP contribution in [0, 0.1) is 0 Å². The minimum Gasteiger partial charge on any atom is -0.469 e. The molecule has 0 spiro atoms. The summed E-state index contributed by atoms with van der Waals surface area (Å²) in [6, 6.07) is 0. The van der Waals surface area contributed by atoms with Crippen LogP contribution in [0.25, 0.3) is 0 Å². The van der Waals surface area contributed by atoms with Crippen molar-refractivity contribution in [1.29, 1.82) is 0 Å². The van der Waals surface area contributed by atoms with Crippen molar-refractivity contribution in [3.05, 3.63) is 34.3 Å². The van der Waals surface area contributed by atoms with Gasteiger partial charge in [-0.2, -0.15) is 0 Å². The van der Waals surface area contributed by atoms with Gasteiger partial charge in [0.1, 0.15) is 12.0 Å². The van der Waals surface area contributed by atoms with Gasteiger partial charge in [-0.3, -0.25) is 19.2 Å². The second-order valence-electron chi connectivity index (χ2n) is 6.98. The fourth-order valence-electron chi connectivity index (χ4n) is 2.94. The number of hydrogen-bond donors (Lipinski definition) is 0. The number of carbonyl (C=O) groups excluding carboxylic acids is 4. The highest BCUT2D eigenvalue weighted by Gasteiger charge is 2.52. The minimum atomic E-state index is -2.00. The maximum Gasteiger partial charge on any atom is 0.307 e. The Balaban J connectivity index is 2.11. The number of hydrogen-bond acceptors (Lipinski definition) is 7. The maximum atomic E-state index is 12.9. The molecule has 0 radical (unpaired) electrons. The number of fused-ring (bicyclic) bond motifs is 1. The number of halogens is 1. The number of rotatable bonds is 9. The van der Waals surface area contributed by atoms with Crippen LogP contribution < -0.4 is 0 Å². The number of esters is 2. The molecular weight excluding hydrogens is 400 g/mol. The number of ketones is 2. The molecule has 29 heavy (non-hydrogen) atoms. The van der Waals surface area contributed by atoms with E-state index in [1.165, 1.54) is 19.3 Å². The molecule has 8 heteroatoms. The van der Waals surface area contributed by atoms with E-state index in [1.54, 1.807) is 6.92 Å². The zero-order chi connectivity index (χ0) is 21.6. The molecule has 0 bridgehead atoms. The fourth-order valence-corrected chi connectivity index (χ4v) is 3.27. The van der Waals surface area contributed by atoms with Gasteiger partial charge in [0.2, 0.25) is 17.2 Å². The number of carbonyl (C=O) groups is 4. The molecule has 0 aromatic carbocycles. The van der Waals surface area contributed by atoms with Crippen molar-refractivity contribution in [3.63, 3.8) is 0 Å². The summed E-state index contributed by atoms with van der Waals surface area (Å²) in [5.74, 6) is -1.84. The first-order valence-corrected chi connectivity index (χ1v) is 10.1. The number of ether oxygens (including phenoxy) is 3. The van der Waals surface area contributed by atoms with E-state index in [0.717, 1.165) is 6.42 Å². The highest BCUT2D eigenvalue weighted by molar-refractivity contribution is 6.49. The Hall–Kier alpha value is -2.41. The molecule has 0 N–H and O–H groups in total. The zero-order valence-corrected chi connectivity index (χ0v) is 17.6. The highest BCUT2D eigenvalue weighted by Crippen LogP contribution is 2.39. The normalized spacial score (nSPS) is 21.1. The molecule has 0 aromatic heterocycles. The molecule has 0 unspecified atom stereocenters. The number of allylic oxidation sites excluding steroid dienone is 3. The van der Waals surface area contributed by atoms with E-state index in [2.05, 4.69) is 0 Å². The van der Waals surface area contributed by atoms with Crippen molar-refractivity contribution in [3.8, 4) is 0 Å². The third-order valence-corrected chi connectivity index (χ3v) is 4.90. The molecule has 0 saturated carbocycles. The molecular formula is C21H25ClO7. The van der Waals surface area contributed by atoms with E-state index < -0.39 is 23.1 Å². The largest absolute Gasteiger partial charge is 0.469 e. The first-order valence-electron chi connectivity index (χ1n) is 9.69. The SMILES string of the molecule is CCCC(=O)OCCCC1=CC2=C(Cl)C(=O)[C@@](C)(OC(=O)CCC)C(=O)C2=CO1. The van der Waals surface area contributed by atoms with Gasteiger partial charge in [-0.25, -0.2) is 0 Å². The lowest BCUT2D eigenvalue weighted by Crippen LogP contribution is -2.51. The molecule has 1 aliphatic carbocycles. The lowest BCUT2D eigenvalue weighted by molar-refractivity contribution is -0.169. The Bertz CT molecular complexity index is 806. The van der Waals surface area contributed by atoms with Crippen molar-refractivity contribution in [2.45, 2.75) is 64.9 Å². The lowest BCUT2D eigenvalue weighted by atomic mass is 9.80. The molecule has 1 aliphatic heterocycles. The van der Waals surface area contributed by atoms with Crippen molar-refractivity contribution in [1.82, 2.24) is 0 Å². The molecule has 2 aliphatic rings. The molecule has 2 rings (SSSR count). The quantitative estimate of drug-likeness (QED) is 0.316. The summed E-state index contributed by atoms with van der Waals surface area (Å²) in [6.45, 7) is 5.17. The van der Waals surface area contributed by atoms with Crippen LogP contribution in [-0.4, -0.2) is 35.7 Å². The Morgan fingerprint density at radius 2 is 1.76 bits per heavy atom. The van der Waals surface area contributed by atoms with Crippen LogP contribution in [0.5, 0.6) is 0 Å². The molecule has 158 valence electrons. The second-order valence-corrected chi connectivity index (χ2v) is 7.36. The smallest absolute Gasteiger partial charge is 0.307 e. The summed E-state index contributed by atoms with van der Waals surface area (Å²) in [4.78, 5) is 48.8. The molecule has 7 nitrogen and oxygen atoms in total. The van der Waals surface area contributed by atoms with E-state index in [-0.39, 0.29) is 35.2 Å². The minimum absolute atomic E-state index is 0.0829. The lowest BCUT2D eigenvalue weighted by Gasteiger charge is -2.33. The van der Waals surface area contributed by atoms with Gasteiger partial charge in [-0.1, -0.05) is 25.4 Å². The van der Waals surface area contributed by atoms with E-state index in [1.807, 2.05) is 6.92 Å². The van der Waals surface area contributed by atoms with Gasteiger partial charge in [-0.15, -0.1) is 0 Å². The predicted molar refractivity (Wildman–Crippen MR) is 105 cm³/mol. The first kappa shape index (κ1) is 22.9. The summed E-state index contributed by atoms with van der Waals surface area (Å²) in [6.07, 6.45) is 5.41. The summed E-state index contributed by atoms with van der Waals surface area (Å²) >= 11 is 6.23. The summed E-state index contributed by atoms with van der Waals surface area (Å²) < 4.78 is 15.8.